The first-order chi connectivity index (χ1) is 18.7. The number of nitrogens with zero attached hydrogens (tertiary/aromatic N) is 7. The van der Waals surface area contributed by atoms with E-state index in [2.05, 4.69) is 49.3 Å². The van der Waals surface area contributed by atoms with Crippen molar-refractivity contribution in [3.63, 3.8) is 0 Å². The van der Waals surface area contributed by atoms with Crippen molar-refractivity contribution < 1.29 is 4.39 Å². The second kappa shape index (κ2) is 9.39. The molecule has 3 aromatic heterocycles. The third-order valence-electron chi connectivity index (χ3n) is 7.21. The van der Waals surface area contributed by atoms with Crippen molar-refractivity contribution in [2.75, 3.05) is 13.1 Å². The molecule has 8 heteroatoms. The topological polar surface area (TPSA) is 71.0 Å². The highest BCUT2D eigenvalue weighted by atomic mass is 19.1. The number of hydrogen-bond acceptors (Lipinski definition) is 6. The first-order valence-corrected chi connectivity index (χ1v) is 12.7. The quantitative estimate of drug-likeness (QED) is 0.318. The maximum absolute atomic E-state index is 14.3. The number of hydrogen-bond donors (Lipinski definition) is 0. The maximum Gasteiger partial charge on any atom is 0.236 e. The van der Waals surface area contributed by atoms with Gasteiger partial charge < -0.3 is 0 Å². The number of aromatic nitrogens is 4. The molecule has 186 valence electrons. The molecular formula is C30H24FN7. The summed E-state index contributed by atoms with van der Waals surface area (Å²) in [6.45, 7) is 2.84. The van der Waals surface area contributed by atoms with Gasteiger partial charge in [-0.2, -0.15) is 14.6 Å². The van der Waals surface area contributed by atoms with Gasteiger partial charge in [0.05, 0.1) is 29.0 Å². The van der Waals surface area contributed by atoms with Crippen LogP contribution in [0, 0.1) is 11.9 Å². The summed E-state index contributed by atoms with van der Waals surface area (Å²) in [4.78, 5) is 15.7. The average Bonchev–Trinajstić information content (AvgIpc) is 3.58. The second-order valence-corrected chi connectivity index (χ2v) is 9.74. The Bertz CT molecular complexity index is 1670. The molecule has 0 amide bonds. The number of likely N-dealkylation sites (tertiary alicyclic amines) is 1. The Hall–Kier alpha value is -4.56. The summed E-state index contributed by atoms with van der Waals surface area (Å²) in [6.07, 6.45) is 5.55. The van der Waals surface area contributed by atoms with E-state index in [0.29, 0.717) is 11.7 Å². The molecule has 0 unspecified atom stereocenters. The molecule has 0 bridgehead atoms. The molecule has 1 fully saturated rings. The van der Waals surface area contributed by atoms with Crippen molar-refractivity contribution in [2.45, 2.75) is 13.0 Å². The molecule has 7 nitrogen and oxygen atoms in total. The van der Waals surface area contributed by atoms with Gasteiger partial charge in [-0.25, -0.2) is 9.97 Å². The van der Waals surface area contributed by atoms with E-state index >= 15 is 0 Å². The third-order valence-corrected chi connectivity index (χ3v) is 7.21. The van der Waals surface area contributed by atoms with Crippen LogP contribution < -0.4 is 0 Å². The van der Waals surface area contributed by atoms with Gasteiger partial charge in [0.2, 0.25) is 11.7 Å². The minimum absolute atomic E-state index is 0.345. The Balaban J connectivity index is 1.04. The highest BCUT2D eigenvalue weighted by Crippen LogP contribution is 2.32. The van der Waals surface area contributed by atoms with Crippen LogP contribution in [0.4, 0.5) is 4.39 Å². The van der Waals surface area contributed by atoms with E-state index in [-0.39, 0.29) is 0 Å². The normalized spacial score (nSPS) is 15.9. The summed E-state index contributed by atoms with van der Waals surface area (Å²) in [6, 6.07) is 24.3. The molecule has 5 heterocycles. The predicted molar refractivity (Wildman–Crippen MR) is 145 cm³/mol. The number of benzene rings is 2. The molecule has 2 aliphatic rings. The van der Waals surface area contributed by atoms with E-state index in [1.807, 2.05) is 48.5 Å². The van der Waals surface area contributed by atoms with Crippen molar-refractivity contribution in [1.29, 1.82) is 0 Å². The van der Waals surface area contributed by atoms with Gasteiger partial charge in [-0.05, 0) is 23.3 Å². The van der Waals surface area contributed by atoms with Crippen LogP contribution in [0.3, 0.4) is 0 Å². The zero-order chi connectivity index (χ0) is 25.5. The highest BCUT2D eigenvalue weighted by Gasteiger charge is 2.33. The zero-order valence-corrected chi connectivity index (χ0v) is 20.6. The lowest BCUT2D eigenvalue weighted by molar-refractivity contribution is 0.133. The molecule has 5 aromatic rings. The number of fused-ring (bicyclic) bond motifs is 1. The molecule has 0 spiro atoms. The molecule has 0 atom stereocenters. The van der Waals surface area contributed by atoms with E-state index in [4.69, 9.17) is 4.98 Å². The first-order valence-electron chi connectivity index (χ1n) is 12.7. The van der Waals surface area contributed by atoms with E-state index < -0.39 is 5.95 Å². The molecule has 1 saturated heterocycles. The number of rotatable bonds is 6. The smallest absolute Gasteiger partial charge is 0.236 e. The fourth-order valence-electron chi connectivity index (χ4n) is 5.14. The van der Waals surface area contributed by atoms with Crippen LogP contribution in [-0.4, -0.2) is 48.8 Å². The van der Waals surface area contributed by atoms with Crippen LogP contribution in [0.25, 0.3) is 28.2 Å². The van der Waals surface area contributed by atoms with E-state index in [0.717, 1.165) is 65.6 Å². The van der Waals surface area contributed by atoms with Crippen LogP contribution >= 0.6 is 0 Å². The van der Waals surface area contributed by atoms with E-state index in [1.165, 1.54) is 16.2 Å². The standard InChI is InChI=1S/C30H24FN7/c31-28-15-33-30-34-29(24(19-38(28)30)21-6-2-1-3-7-21)22-11-9-20(10-12-22)16-37-17-23(18-37)26-14-27(36-35-26)25-8-4-5-13-32-25/h1-13,15,19,23H,14,16-18H2. The van der Waals surface area contributed by atoms with Gasteiger partial charge >= 0.3 is 0 Å². The lowest BCUT2D eigenvalue weighted by Crippen LogP contribution is -2.49. The Kier molecular flexibility index (Phi) is 5.59. The van der Waals surface area contributed by atoms with E-state index in [9.17, 15) is 4.39 Å². The van der Waals surface area contributed by atoms with Crippen molar-refractivity contribution in [1.82, 2.24) is 24.3 Å². The average molecular weight is 502 g/mol. The minimum Gasteiger partial charge on any atom is -0.298 e. The summed E-state index contributed by atoms with van der Waals surface area (Å²) in [7, 11) is 0. The van der Waals surface area contributed by atoms with Gasteiger partial charge in [0, 0.05) is 55.5 Å². The SMILES string of the molecule is Fc1cnc2nc(-c3ccc(CN4CC(C5=NN=C(c6ccccn6)C5)C4)cc3)c(-c3ccccc3)cn12. The fraction of sp³-hybridized carbons (Fsp3) is 0.167. The fourth-order valence-corrected chi connectivity index (χ4v) is 5.14. The van der Waals surface area contributed by atoms with Gasteiger partial charge in [-0.15, -0.1) is 0 Å². The van der Waals surface area contributed by atoms with Crippen LogP contribution in [0.15, 0.2) is 102 Å². The van der Waals surface area contributed by atoms with Gasteiger partial charge in [0.25, 0.3) is 0 Å². The summed E-state index contributed by atoms with van der Waals surface area (Å²) < 4.78 is 15.6. The van der Waals surface area contributed by atoms with Crippen molar-refractivity contribution >= 4 is 17.2 Å². The molecule has 7 rings (SSSR count). The minimum atomic E-state index is -0.428. The summed E-state index contributed by atoms with van der Waals surface area (Å²) in [5.74, 6) is 0.360. The number of halogens is 1. The lowest BCUT2D eigenvalue weighted by Gasteiger charge is -2.39. The summed E-state index contributed by atoms with van der Waals surface area (Å²) in [5.41, 5.74) is 7.85. The Labute approximate surface area is 219 Å². The Morgan fingerprint density at radius 1 is 0.842 bits per heavy atom. The molecule has 2 aromatic carbocycles. The zero-order valence-electron chi connectivity index (χ0n) is 20.6. The lowest BCUT2D eigenvalue weighted by atomic mass is 9.90. The van der Waals surface area contributed by atoms with Crippen LogP contribution in [0.5, 0.6) is 0 Å². The first kappa shape index (κ1) is 22.6. The molecule has 0 N–H and O–H groups in total. The monoisotopic (exact) mass is 501 g/mol. The Morgan fingerprint density at radius 2 is 1.66 bits per heavy atom. The van der Waals surface area contributed by atoms with Gasteiger partial charge in [0.15, 0.2) is 0 Å². The molecule has 0 saturated carbocycles. The third kappa shape index (κ3) is 4.18. The van der Waals surface area contributed by atoms with Crippen molar-refractivity contribution in [3.05, 3.63) is 109 Å². The molecule has 0 radical (unpaired) electrons. The largest absolute Gasteiger partial charge is 0.298 e. The van der Waals surface area contributed by atoms with E-state index in [1.54, 1.807) is 12.4 Å². The van der Waals surface area contributed by atoms with Gasteiger partial charge in [-0.3, -0.25) is 14.3 Å². The second-order valence-electron chi connectivity index (χ2n) is 9.74. The van der Waals surface area contributed by atoms with Crippen LogP contribution in [0.1, 0.15) is 17.7 Å². The summed E-state index contributed by atoms with van der Waals surface area (Å²) >= 11 is 0. The number of imidazole rings is 1. The van der Waals surface area contributed by atoms with Crippen LogP contribution in [-0.2, 0) is 6.54 Å². The van der Waals surface area contributed by atoms with Crippen LogP contribution in [0.2, 0.25) is 0 Å². The van der Waals surface area contributed by atoms with Gasteiger partial charge in [0.1, 0.15) is 0 Å². The Morgan fingerprint density at radius 3 is 2.45 bits per heavy atom. The van der Waals surface area contributed by atoms with Gasteiger partial charge in [-0.1, -0.05) is 60.7 Å². The maximum atomic E-state index is 14.3. The summed E-state index contributed by atoms with van der Waals surface area (Å²) in [5, 5.41) is 8.84. The highest BCUT2D eigenvalue weighted by molar-refractivity contribution is 6.15. The van der Waals surface area contributed by atoms with Crippen molar-refractivity contribution in [3.8, 4) is 22.4 Å². The molecular weight excluding hydrogens is 477 g/mol. The van der Waals surface area contributed by atoms with Crippen molar-refractivity contribution in [2.24, 2.45) is 16.1 Å². The molecule has 2 aliphatic heterocycles. The predicted octanol–water partition coefficient (Wildman–Crippen LogP) is 5.28. The molecule has 38 heavy (non-hydrogen) atoms. The molecule has 0 aliphatic carbocycles. The number of pyridine rings is 1.